The average molecular weight is 406 g/mol. The van der Waals surface area contributed by atoms with E-state index in [0.29, 0.717) is 13.1 Å². The number of aliphatic imine (C=N–C) groups is 1. The summed E-state index contributed by atoms with van der Waals surface area (Å²) in [7, 11) is -4.24. The number of guanidine groups is 1. The third-order valence-electron chi connectivity index (χ3n) is 4.52. The second-order valence-corrected chi connectivity index (χ2v) is 8.01. The fourth-order valence-electron chi connectivity index (χ4n) is 3.16. The highest BCUT2D eigenvalue weighted by molar-refractivity contribution is 7.89. The van der Waals surface area contributed by atoms with Gasteiger partial charge in [-0.15, -0.1) is 13.2 Å². The van der Waals surface area contributed by atoms with E-state index in [1.165, 1.54) is 12.1 Å². The number of nitrogens with zero attached hydrogens (tertiary/aromatic N) is 4. The largest absolute Gasteiger partial charge is 0.573 e. The molecule has 0 bridgehead atoms. The molecule has 150 valence electrons. The van der Waals surface area contributed by atoms with Crippen molar-refractivity contribution < 1.29 is 26.3 Å². The molecule has 0 aromatic heterocycles. The molecule has 11 heteroatoms. The van der Waals surface area contributed by atoms with Crippen molar-refractivity contribution in [2.75, 3.05) is 45.8 Å². The molecule has 1 aromatic rings. The summed E-state index contributed by atoms with van der Waals surface area (Å²) in [5, 5.41) is 0. The van der Waals surface area contributed by atoms with Crippen LogP contribution in [0.25, 0.3) is 0 Å². The SMILES string of the molecule is CCN1CCN(C2=NCCN2S(=O)(=O)c2ccccc2OC(F)(F)F)CC1. The van der Waals surface area contributed by atoms with E-state index < -0.39 is 27.0 Å². The summed E-state index contributed by atoms with van der Waals surface area (Å²) in [6.45, 7) is 6.09. The number of sulfonamides is 1. The zero-order valence-electron chi connectivity index (χ0n) is 14.8. The highest BCUT2D eigenvalue weighted by Gasteiger charge is 2.39. The number of hydrogen-bond acceptors (Lipinski definition) is 6. The second-order valence-electron chi connectivity index (χ2n) is 6.17. The van der Waals surface area contributed by atoms with Crippen LogP contribution in [0.15, 0.2) is 34.2 Å². The molecule has 3 rings (SSSR count). The minimum Gasteiger partial charge on any atom is -0.404 e. The van der Waals surface area contributed by atoms with E-state index in [1.807, 2.05) is 4.90 Å². The number of benzene rings is 1. The van der Waals surface area contributed by atoms with Gasteiger partial charge in [-0.05, 0) is 18.7 Å². The van der Waals surface area contributed by atoms with Gasteiger partial charge in [-0.3, -0.25) is 4.99 Å². The number of rotatable bonds is 4. The topological polar surface area (TPSA) is 65.5 Å². The van der Waals surface area contributed by atoms with E-state index in [2.05, 4.69) is 21.6 Å². The van der Waals surface area contributed by atoms with Crippen LogP contribution in [-0.2, 0) is 10.0 Å². The van der Waals surface area contributed by atoms with E-state index >= 15 is 0 Å². The number of para-hydroxylation sites is 1. The Hall–Kier alpha value is -2.01. The van der Waals surface area contributed by atoms with Crippen molar-refractivity contribution in [2.45, 2.75) is 18.2 Å². The molecule has 0 aliphatic carbocycles. The van der Waals surface area contributed by atoms with E-state index in [9.17, 15) is 21.6 Å². The molecule has 0 saturated carbocycles. The highest BCUT2D eigenvalue weighted by atomic mass is 32.2. The normalized spacial score (nSPS) is 19.3. The van der Waals surface area contributed by atoms with Gasteiger partial charge < -0.3 is 14.5 Å². The van der Waals surface area contributed by atoms with Gasteiger partial charge in [0.15, 0.2) is 0 Å². The maximum Gasteiger partial charge on any atom is 0.573 e. The lowest BCUT2D eigenvalue weighted by Crippen LogP contribution is -2.53. The van der Waals surface area contributed by atoms with Gasteiger partial charge in [-0.2, -0.15) is 0 Å². The van der Waals surface area contributed by atoms with Crippen molar-refractivity contribution in [2.24, 2.45) is 4.99 Å². The molecule has 2 aliphatic heterocycles. The van der Waals surface area contributed by atoms with Crippen molar-refractivity contribution in [3.8, 4) is 5.75 Å². The fourth-order valence-corrected chi connectivity index (χ4v) is 4.72. The fraction of sp³-hybridized carbons (Fsp3) is 0.562. The monoisotopic (exact) mass is 406 g/mol. The maximum absolute atomic E-state index is 13.1. The minimum atomic E-state index is -4.98. The van der Waals surface area contributed by atoms with E-state index in [1.54, 1.807) is 0 Å². The molecule has 0 spiro atoms. The first-order valence-electron chi connectivity index (χ1n) is 8.61. The Morgan fingerprint density at radius 1 is 1.11 bits per heavy atom. The summed E-state index contributed by atoms with van der Waals surface area (Å²) in [4.78, 5) is 7.87. The van der Waals surface area contributed by atoms with Crippen LogP contribution in [0.3, 0.4) is 0 Å². The van der Waals surface area contributed by atoms with E-state index in [0.717, 1.165) is 36.1 Å². The number of ether oxygens (including phenoxy) is 1. The molecule has 0 atom stereocenters. The third kappa shape index (κ3) is 4.29. The number of halogens is 3. The van der Waals surface area contributed by atoms with Gasteiger partial charge in [-0.1, -0.05) is 19.1 Å². The molecular formula is C16H21F3N4O3S. The minimum absolute atomic E-state index is 0.0893. The molecular weight excluding hydrogens is 385 g/mol. The molecule has 27 heavy (non-hydrogen) atoms. The molecule has 2 heterocycles. The number of piperazine rings is 1. The number of hydrogen-bond donors (Lipinski definition) is 0. The number of likely N-dealkylation sites (N-methyl/N-ethyl adjacent to an activating group) is 1. The predicted octanol–water partition coefficient (Wildman–Crippen LogP) is 1.58. The summed E-state index contributed by atoms with van der Waals surface area (Å²) in [6.07, 6.45) is -4.98. The summed E-state index contributed by atoms with van der Waals surface area (Å²) < 4.78 is 69.1. The van der Waals surface area contributed by atoms with Crippen molar-refractivity contribution >= 4 is 16.0 Å². The third-order valence-corrected chi connectivity index (χ3v) is 6.34. The lowest BCUT2D eigenvalue weighted by molar-refractivity contribution is -0.275. The molecule has 7 nitrogen and oxygen atoms in total. The maximum atomic E-state index is 13.1. The average Bonchev–Trinajstić information content (AvgIpc) is 3.11. The Labute approximate surface area is 156 Å². The Morgan fingerprint density at radius 2 is 1.78 bits per heavy atom. The summed E-state index contributed by atoms with van der Waals surface area (Å²) in [5.74, 6) is -0.459. The second kappa shape index (κ2) is 7.55. The molecule has 0 unspecified atom stereocenters. The van der Waals surface area contributed by atoms with Crippen LogP contribution in [0.1, 0.15) is 6.92 Å². The Balaban J connectivity index is 1.86. The van der Waals surface area contributed by atoms with Gasteiger partial charge in [0.25, 0.3) is 10.0 Å². The first-order chi connectivity index (χ1) is 12.7. The standard InChI is InChI=1S/C16H21F3N4O3S/c1-2-21-9-11-22(12-10-21)15-20-7-8-23(15)27(24,25)14-6-4-3-5-13(14)26-16(17,18)19/h3-6H,2,7-12H2,1H3. The van der Waals surface area contributed by atoms with Gasteiger partial charge in [0.2, 0.25) is 5.96 Å². The molecule has 0 N–H and O–H groups in total. The Bertz CT molecular complexity index is 805. The lowest BCUT2D eigenvalue weighted by Gasteiger charge is -2.37. The van der Waals surface area contributed by atoms with Gasteiger partial charge >= 0.3 is 6.36 Å². The van der Waals surface area contributed by atoms with Crippen molar-refractivity contribution in [3.63, 3.8) is 0 Å². The van der Waals surface area contributed by atoms with Crippen LogP contribution in [0.2, 0.25) is 0 Å². The van der Waals surface area contributed by atoms with Crippen LogP contribution in [-0.4, -0.2) is 80.7 Å². The van der Waals surface area contributed by atoms with Crippen LogP contribution >= 0.6 is 0 Å². The molecule has 1 saturated heterocycles. The zero-order chi connectivity index (χ0) is 19.7. The first-order valence-corrected chi connectivity index (χ1v) is 10.1. The van der Waals surface area contributed by atoms with Crippen molar-refractivity contribution in [3.05, 3.63) is 24.3 Å². The lowest BCUT2D eigenvalue weighted by atomic mass is 10.3. The van der Waals surface area contributed by atoms with Crippen molar-refractivity contribution in [1.82, 2.24) is 14.1 Å². The predicted molar refractivity (Wildman–Crippen MR) is 93.0 cm³/mol. The summed E-state index contributed by atoms with van der Waals surface area (Å²) in [5.41, 5.74) is 0. The molecule has 1 fully saturated rings. The summed E-state index contributed by atoms with van der Waals surface area (Å²) >= 11 is 0. The van der Waals surface area contributed by atoms with Crippen LogP contribution < -0.4 is 4.74 Å². The van der Waals surface area contributed by atoms with Gasteiger partial charge in [0.05, 0.1) is 13.1 Å². The first kappa shape index (κ1) is 19.7. The molecule has 0 radical (unpaired) electrons. The van der Waals surface area contributed by atoms with Crippen LogP contribution in [0.4, 0.5) is 13.2 Å². The summed E-state index contributed by atoms with van der Waals surface area (Å²) in [6, 6.07) is 4.76. The van der Waals surface area contributed by atoms with Crippen LogP contribution in [0, 0.1) is 0 Å². The highest BCUT2D eigenvalue weighted by Crippen LogP contribution is 2.32. The zero-order valence-corrected chi connectivity index (χ0v) is 15.6. The van der Waals surface area contributed by atoms with Gasteiger partial charge in [-0.25, -0.2) is 12.7 Å². The van der Waals surface area contributed by atoms with E-state index in [-0.39, 0.29) is 19.0 Å². The molecule has 1 aromatic carbocycles. The number of alkyl halides is 3. The quantitative estimate of drug-likeness (QED) is 0.760. The Morgan fingerprint density at radius 3 is 2.41 bits per heavy atom. The smallest absolute Gasteiger partial charge is 0.404 e. The van der Waals surface area contributed by atoms with Crippen LogP contribution in [0.5, 0.6) is 5.75 Å². The van der Waals surface area contributed by atoms with Gasteiger partial charge in [0.1, 0.15) is 10.6 Å². The molecule has 2 aliphatic rings. The Kier molecular flexibility index (Phi) is 5.52. The molecule has 0 amide bonds. The van der Waals surface area contributed by atoms with Crippen molar-refractivity contribution in [1.29, 1.82) is 0 Å². The van der Waals surface area contributed by atoms with E-state index in [4.69, 9.17) is 0 Å². The van der Waals surface area contributed by atoms with Gasteiger partial charge in [0, 0.05) is 26.2 Å².